The van der Waals surface area contributed by atoms with E-state index in [1.165, 1.54) is 6.42 Å². The molecule has 0 spiro atoms. The zero-order chi connectivity index (χ0) is 15.6. The Kier molecular flexibility index (Phi) is 5.54. The Hall–Kier alpha value is -0.330. The number of hydrogen-bond donors (Lipinski definition) is 0. The van der Waals surface area contributed by atoms with Gasteiger partial charge in [0.25, 0.3) is 9.05 Å². The van der Waals surface area contributed by atoms with Gasteiger partial charge in [-0.1, -0.05) is 19.8 Å². The fraction of sp³-hybridized carbons (Fsp3) is 0.571. The first-order valence-electron chi connectivity index (χ1n) is 6.91. The summed E-state index contributed by atoms with van der Waals surface area (Å²) < 4.78 is 42.6. The lowest BCUT2D eigenvalue weighted by Gasteiger charge is -2.29. The Morgan fingerprint density at radius 2 is 2.14 bits per heavy atom. The maximum absolute atomic E-state index is 13.9. The van der Waals surface area contributed by atoms with Crippen molar-refractivity contribution in [3.63, 3.8) is 0 Å². The molecule has 0 aromatic heterocycles. The summed E-state index contributed by atoms with van der Waals surface area (Å²) in [6.45, 7) is 2.16. The summed E-state index contributed by atoms with van der Waals surface area (Å²) in [6.07, 6.45) is 5.32. The second-order valence-corrected chi connectivity index (χ2v) is 8.72. The summed E-state index contributed by atoms with van der Waals surface area (Å²) in [5, 5.41) is 0. The van der Waals surface area contributed by atoms with Crippen LogP contribution in [0.5, 0.6) is 5.75 Å². The Morgan fingerprint density at radius 1 is 1.43 bits per heavy atom. The lowest BCUT2D eigenvalue weighted by atomic mass is 9.85. The highest BCUT2D eigenvalue weighted by Crippen LogP contribution is 2.35. The molecule has 0 aliphatic heterocycles. The normalized spacial score (nSPS) is 23.0. The smallest absolute Gasteiger partial charge is 0.264 e. The van der Waals surface area contributed by atoms with Gasteiger partial charge in [0.05, 0.1) is 10.6 Å². The van der Waals surface area contributed by atoms with E-state index >= 15 is 0 Å². The van der Waals surface area contributed by atoms with Crippen LogP contribution in [0.1, 0.15) is 39.0 Å². The SMILES string of the molecule is CCC1CCCC(Oc2cc(F)c(S(=O)(=O)Cl)cc2Br)C1. The molecule has 1 aromatic carbocycles. The molecule has 1 aliphatic carbocycles. The molecule has 118 valence electrons. The second-order valence-electron chi connectivity index (χ2n) is 5.33. The molecule has 1 aromatic rings. The van der Waals surface area contributed by atoms with Gasteiger partial charge in [-0.2, -0.15) is 0 Å². The van der Waals surface area contributed by atoms with Crippen molar-refractivity contribution in [1.82, 2.24) is 0 Å². The van der Waals surface area contributed by atoms with Crippen molar-refractivity contribution in [2.24, 2.45) is 5.92 Å². The van der Waals surface area contributed by atoms with Gasteiger partial charge >= 0.3 is 0 Å². The molecule has 21 heavy (non-hydrogen) atoms. The van der Waals surface area contributed by atoms with E-state index in [0.29, 0.717) is 16.1 Å². The molecule has 0 radical (unpaired) electrons. The van der Waals surface area contributed by atoms with E-state index in [0.717, 1.165) is 37.8 Å². The minimum Gasteiger partial charge on any atom is -0.489 e. The van der Waals surface area contributed by atoms with Gasteiger partial charge in [-0.25, -0.2) is 12.8 Å². The molecule has 3 nitrogen and oxygen atoms in total. The largest absolute Gasteiger partial charge is 0.489 e. The maximum atomic E-state index is 13.9. The third-order valence-electron chi connectivity index (χ3n) is 3.85. The molecule has 0 bridgehead atoms. The molecule has 1 aliphatic rings. The topological polar surface area (TPSA) is 43.4 Å². The molecule has 2 unspecified atom stereocenters. The lowest BCUT2D eigenvalue weighted by molar-refractivity contribution is 0.121. The molecule has 1 saturated carbocycles. The zero-order valence-electron chi connectivity index (χ0n) is 11.6. The van der Waals surface area contributed by atoms with E-state index in [2.05, 4.69) is 22.9 Å². The van der Waals surface area contributed by atoms with Gasteiger partial charge in [-0.05, 0) is 47.2 Å². The van der Waals surface area contributed by atoms with E-state index in [4.69, 9.17) is 15.4 Å². The molecular weight excluding hydrogens is 383 g/mol. The molecular formula is C14H17BrClFO3S. The molecule has 2 atom stereocenters. The van der Waals surface area contributed by atoms with E-state index in [1.807, 2.05) is 0 Å². The first kappa shape index (κ1) is 17.0. The van der Waals surface area contributed by atoms with Crippen molar-refractivity contribution in [2.75, 3.05) is 0 Å². The van der Waals surface area contributed by atoms with Gasteiger partial charge in [0.2, 0.25) is 0 Å². The van der Waals surface area contributed by atoms with Crippen LogP contribution >= 0.6 is 26.6 Å². The minimum absolute atomic E-state index is 0.0397. The summed E-state index contributed by atoms with van der Waals surface area (Å²) >= 11 is 3.22. The molecule has 7 heteroatoms. The molecule has 0 heterocycles. The van der Waals surface area contributed by atoms with Crippen LogP contribution < -0.4 is 4.74 Å². The average Bonchev–Trinajstić information content (AvgIpc) is 2.41. The third kappa shape index (κ3) is 4.33. The minimum atomic E-state index is -4.11. The molecule has 0 amide bonds. The number of hydrogen-bond acceptors (Lipinski definition) is 3. The zero-order valence-corrected chi connectivity index (χ0v) is 14.8. The van der Waals surface area contributed by atoms with Crippen LogP contribution in [0.2, 0.25) is 0 Å². The summed E-state index contributed by atoms with van der Waals surface area (Å²) in [5.41, 5.74) is 0. The standard InChI is InChI=1S/C14H17BrClFO3S/c1-2-9-4-3-5-10(6-9)20-13-8-12(17)14(7-11(13)15)21(16,18)19/h7-10H,2-6H2,1H3. The van der Waals surface area contributed by atoms with Crippen LogP contribution in [0.3, 0.4) is 0 Å². The quantitative estimate of drug-likeness (QED) is 0.679. The lowest BCUT2D eigenvalue weighted by Crippen LogP contribution is -2.25. The molecule has 1 fully saturated rings. The van der Waals surface area contributed by atoms with Crippen molar-refractivity contribution >= 4 is 35.7 Å². The fourth-order valence-corrected chi connectivity index (χ4v) is 4.18. The molecule has 0 saturated heterocycles. The predicted octanol–water partition coefficient (Wildman–Crippen LogP) is 4.86. The van der Waals surface area contributed by atoms with Gasteiger partial charge < -0.3 is 4.74 Å². The van der Waals surface area contributed by atoms with Crippen LogP contribution in [0.15, 0.2) is 21.5 Å². The first-order valence-corrected chi connectivity index (χ1v) is 10.0. The Balaban J connectivity index is 2.20. The molecule has 2 rings (SSSR count). The summed E-state index contributed by atoms with van der Waals surface area (Å²) in [4.78, 5) is -0.543. The number of rotatable bonds is 4. The van der Waals surface area contributed by atoms with Crippen molar-refractivity contribution in [3.05, 3.63) is 22.4 Å². The van der Waals surface area contributed by atoms with Crippen LogP contribution in [-0.2, 0) is 9.05 Å². The highest BCUT2D eigenvalue weighted by Gasteiger charge is 2.24. The fourth-order valence-electron chi connectivity index (χ4n) is 2.69. The molecule has 0 N–H and O–H groups in total. The summed E-state index contributed by atoms with van der Waals surface area (Å²) in [5.74, 6) is 0.0548. The number of halogens is 3. The van der Waals surface area contributed by atoms with Gasteiger partial charge in [0.1, 0.15) is 16.5 Å². The third-order valence-corrected chi connectivity index (χ3v) is 5.81. The number of ether oxygens (including phenoxy) is 1. The second kappa shape index (κ2) is 6.84. The highest BCUT2D eigenvalue weighted by molar-refractivity contribution is 9.10. The van der Waals surface area contributed by atoms with Gasteiger partial charge in [0.15, 0.2) is 0 Å². The van der Waals surface area contributed by atoms with Crippen molar-refractivity contribution in [3.8, 4) is 5.75 Å². The number of benzene rings is 1. The van der Waals surface area contributed by atoms with Crippen LogP contribution in [0.4, 0.5) is 4.39 Å². The summed E-state index contributed by atoms with van der Waals surface area (Å²) in [7, 11) is 1.08. The van der Waals surface area contributed by atoms with Gasteiger partial charge in [-0.3, -0.25) is 0 Å². The first-order chi connectivity index (χ1) is 9.81. The van der Waals surface area contributed by atoms with Crippen molar-refractivity contribution in [2.45, 2.75) is 50.0 Å². The predicted molar refractivity (Wildman–Crippen MR) is 83.8 cm³/mol. The van der Waals surface area contributed by atoms with Crippen molar-refractivity contribution < 1.29 is 17.5 Å². The van der Waals surface area contributed by atoms with Gasteiger partial charge in [-0.15, -0.1) is 0 Å². The highest BCUT2D eigenvalue weighted by atomic mass is 79.9. The van der Waals surface area contributed by atoms with E-state index in [-0.39, 0.29) is 6.10 Å². The Bertz CT molecular complexity index is 621. The van der Waals surface area contributed by atoms with Crippen LogP contribution in [0.25, 0.3) is 0 Å². The Morgan fingerprint density at radius 3 is 2.76 bits per heavy atom. The Labute approximate surface area is 137 Å². The maximum Gasteiger partial charge on any atom is 0.264 e. The van der Waals surface area contributed by atoms with Crippen LogP contribution in [0, 0.1) is 11.7 Å². The van der Waals surface area contributed by atoms with E-state index < -0.39 is 19.8 Å². The van der Waals surface area contributed by atoms with Gasteiger partial charge in [0, 0.05) is 16.7 Å². The average molecular weight is 400 g/mol. The van der Waals surface area contributed by atoms with E-state index in [9.17, 15) is 12.8 Å². The van der Waals surface area contributed by atoms with E-state index in [1.54, 1.807) is 0 Å². The monoisotopic (exact) mass is 398 g/mol. The van der Waals surface area contributed by atoms with Crippen molar-refractivity contribution in [1.29, 1.82) is 0 Å². The van der Waals surface area contributed by atoms with Crippen LogP contribution in [-0.4, -0.2) is 14.5 Å². The summed E-state index contributed by atoms with van der Waals surface area (Å²) in [6, 6.07) is 2.22.